The number of alkyl halides is 3. The minimum atomic E-state index is -4.96. The van der Waals surface area contributed by atoms with Gasteiger partial charge in [-0.2, -0.15) is 5.10 Å². The van der Waals surface area contributed by atoms with E-state index in [1.807, 2.05) is 20.8 Å². The molecule has 1 heterocycles. The molecular formula is C26H25F4N3O4. The van der Waals surface area contributed by atoms with Crippen molar-refractivity contribution >= 4 is 17.6 Å². The molecule has 37 heavy (non-hydrogen) atoms. The molecule has 3 aromatic rings. The smallest absolute Gasteiger partial charge is 0.465 e. The van der Waals surface area contributed by atoms with Gasteiger partial charge in [-0.25, -0.2) is 9.18 Å². The molecule has 1 aromatic heterocycles. The molecule has 1 aliphatic carbocycles. The maximum Gasteiger partial charge on any atom is 0.573 e. The Labute approximate surface area is 210 Å². The van der Waals surface area contributed by atoms with Crippen molar-refractivity contribution in [3.8, 4) is 16.9 Å². The number of hydrogen-bond donors (Lipinski definition) is 1. The fourth-order valence-corrected chi connectivity index (χ4v) is 4.06. The molecule has 196 valence electrons. The number of amides is 1. The summed E-state index contributed by atoms with van der Waals surface area (Å²) in [5.41, 5.74) is 0.155. The molecule has 0 saturated heterocycles. The van der Waals surface area contributed by atoms with E-state index in [1.165, 1.54) is 13.2 Å². The van der Waals surface area contributed by atoms with Gasteiger partial charge in [-0.1, -0.05) is 12.1 Å². The Balaban J connectivity index is 1.60. The number of benzene rings is 2. The Morgan fingerprint density at radius 2 is 1.78 bits per heavy atom. The molecule has 0 spiro atoms. The van der Waals surface area contributed by atoms with Gasteiger partial charge < -0.3 is 14.8 Å². The van der Waals surface area contributed by atoms with Gasteiger partial charge in [0.25, 0.3) is 0 Å². The van der Waals surface area contributed by atoms with E-state index in [4.69, 9.17) is 4.74 Å². The number of methoxy groups -OCH3 is 1. The van der Waals surface area contributed by atoms with Gasteiger partial charge in [-0.3, -0.25) is 9.48 Å². The van der Waals surface area contributed by atoms with Crippen LogP contribution in [0, 0.1) is 5.82 Å². The lowest BCUT2D eigenvalue weighted by molar-refractivity contribution is -0.274. The second kappa shape index (κ2) is 9.20. The van der Waals surface area contributed by atoms with Crippen LogP contribution in [0.25, 0.3) is 11.1 Å². The molecule has 4 rings (SSSR count). The number of ether oxygens (including phenoxy) is 2. The monoisotopic (exact) mass is 519 g/mol. The Morgan fingerprint density at radius 1 is 1.08 bits per heavy atom. The topological polar surface area (TPSA) is 82.4 Å². The van der Waals surface area contributed by atoms with E-state index in [-0.39, 0.29) is 22.4 Å². The molecule has 1 amide bonds. The summed E-state index contributed by atoms with van der Waals surface area (Å²) in [5, 5.41) is 7.06. The third-order valence-electron chi connectivity index (χ3n) is 6.14. The van der Waals surface area contributed by atoms with Gasteiger partial charge in [0.1, 0.15) is 11.6 Å². The fraction of sp³-hybridized carbons (Fsp3) is 0.346. The molecule has 0 radical (unpaired) electrons. The molecule has 0 aliphatic heterocycles. The maximum atomic E-state index is 14.7. The second-order valence-corrected chi connectivity index (χ2v) is 9.82. The average molecular weight is 519 g/mol. The Morgan fingerprint density at radius 3 is 2.32 bits per heavy atom. The van der Waals surface area contributed by atoms with Crippen molar-refractivity contribution < 1.29 is 36.6 Å². The Bertz CT molecular complexity index is 1350. The molecule has 1 N–H and O–H groups in total. The van der Waals surface area contributed by atoms with Crippen molar-refractivity contribution in [3.05, 3.63) is 65.7 Å². The van der Waals surface area contributed by atoms with Crippen molar-refractivity contribution in [2.75, 3.05) is 12.4 Å². The van der Waals surface area contributed by atoms with E-state index in [2.05, 4.69) is 15.2 Å². The minimum absolute atomic E-state index is 0.0288. The highest BCUT2D eigenvalue weighted by Crippen LogP contribution is 2.50. The molecular weight excluding hydrogens is 494 g/mol. The molecule has 1 aliphatic rings. The van der Waals surface area contributed by atoms with E-state index in [9.17, 15) is 27.2 Å². The molecule has 7 nitrogen and oxygen atoms in total. The first kappa shape index (κ1) is 26.2. The lowest BCUT2D eigenvalue weighted by Gasteiger charge is -2.19. The summed E-state index contributed by atoms with van der Waals surface area (Å²) in [6, 6.07) is 7.41. The summed E-state index contributed by atoms with van der Waals surface area (Å²) in [5.74, 6) is -2.85. The third-order valence-corrected chi connectivity index (χ3v) is 6.14. The first-order chi connectivity index (χ1) is 17.2. The first-order valence-electron chi connectivity index (χ1n) is 11.4. The normalized spacial score (nSPS) is 14.7. The number of rotatable bonds is 6. The maximum absolute atomic E-state index is 14.7. The second-order valence-electron chi connectivity index (χ2n) is 9.82. The molecule has 0 atom stereocenters. The van der Waals surface area contributed by atoms with Crippen LogP contribution in [0.5, 0.6) is 5.75 Å². The van der Waals surface area contributed by atoms with Crippen molar-refractivity contribution in [2.45, 2.75) is 50.9 Å². The largest absolute Gasteiger partial charge is 0.573 e. The number of anilines is 1. The van der Waals surface area contributed by atoms with Crippen LogP contribution in [-0.4, -0.2) is 35.1 Å². The minimum Gasteiger partial charge on any atom is -0.465 e. The molecule has 1 saturated carbocycles. The molecule has 2 aromatic carbocycles. The van der Waals surface area contributed by atoms with Gasteiger partial charge in [-0.15, -0.1) is 13.2 Å². The number of carbonyl (C=O) groups is 2. The lowest BCUT2D eigenvalue weighted by Crippen LogP contribution is -2.29. The third kappa shape index (κ3) is 5.45. The summed E-state index contributed by atoms with van der Waals surface area (Å²) < 4.78 is 62.5. The number of halogens is 4. The zero-order valence-corrected chi connectivity index (χ0v) is 20.6. The van der Waals surface area contributed by atoms with E-state index < -0.39 is 35.2 Å². The van der Waals surface area contributed by atoms with Crippen LogP contribution in [0.3, 0.4) is 0 Å². The Hall–Kier alpha value is -3.89. The zero-order valence-electron chi connectivity index (χ0n) is 20.6. The summed E-state index contributed by atoms with van der Waals surface area (Å²) in [4.78, 5) is 25.7. The van der Waals surface area contributed by atoms with E-state index in [0.717, 1.165) is 12.1 Å². The highest BCUT2D eigenvalue weighted by Gasteiger charge is 2.53. The number of esters is 1. The number of carbonyl (C=O) groups excluding carboxylic acids is 2. The predicted molar refractivity (Wildman–Crippen MR) is 127 cm³/mol. The van der Waals surface area contributed by atoms with Gasteiger partial charge >= 0.3 is 12.3 Å². The van der Waals surface area contributed by atoms with E-state index in [1.54, 1.807) is 29.2 Å². The highest BCUT2D eigenvalue weighted by molar-refractivity contribution is 6.04. The van der Waals surface area contributed by atoms with Crippen LogP contribution < -0.4 is 10.1 Å². The SMILES string of the molecule is COC(=O)c1cc(NC(=O)C2(c3ccc(OC(F)(F)F)cc3F)CC2)ccc1-c1cnn(C(C)(C)C)c1. The van der Waals surface area contributed by atoms with Crippen LogP contribution in [0.4, 0.5) is 23.2 Å². The standard InChI is InChI=1S/C26H25F4N3O4/c1-24(2,3)33-14-15(13-31-33)18-7-5-16(11-19(18)22(34)36-4)32-23(35)25(9-10-25)20-8-6-17(12-21(20)27)37-26(28,29)30/h5-8,11-14H,9-10H2,1-4H3,(H,32,35). The number of aromatic nitrogens is 2. The number of hydrogen-bond acceptors (Lipinski definition) is 5. The van der Waals surface area contributed by atoms with Gasteiger partial charge in [-0.05, 0) is 57.4 Å². The molecule has 11 heteroatoms. The summed E-state index contributed by atoms with van der Waals surface area (Å²) >= 11 is 0. The van der Waals surface area contributed by atoms with Gasteiger partial charge in [0.05, 0.1) is 29.8 Å². The lowest BCUT2D eigenvalue weighted by atomic mass is 9.93. The van der Waals surface area contributed by atoms with Crippen LogP contribution >= 0.6 is 0 Å². The van der Waals surface area contributed by atoms with Crippen LogP contribution in [0.15, 0.2) is 48.8 Å². The summed E-state index contributed by atoms with van der Waals surface area (Å²) in [7, 11) is 1.24. The highest BCUT2D eigenvalue weighted by atomic mass is 19.4. The van der Waals surface area contributed by atoms with Crippen molar-refractivity contribution in [2.24, 2.45) is 0 Å². The fourth-order valence-electron chi connectivity index (χ4n) is 4.06. The van der Waals surface area contributed by atoms with E-state index >= 15 is 0 Å². The molecule has 0 unspecified atom stereocenters. The Kier molecular flexibility index (Phi) is 6.51. The zero-order chi connectivity index (χ0) is 27.2. The van der Waals surface area contributed by atoms with Crippen LogP contribution in [0.1, 0.15) is 49.5 Å². The molecule has 0 bridgehead atoms. The van der Waals surface area contributed by atoms with E-state index in [0.29, 0.717) is 30.0 Å². The van der Waals surface area contributed by atoms with Crippen molar-refractivity contribution in [1.29, 1.82) is 0 Å². The van der Waals surface area contributed by atoms with Gasteiger partial charge in [0.15, 0.2) is 0 Å². The predicted octanol–water partition coefficient (Wildman–Crippen LogP) is 5.80. The molecule has 1 fully saturated rings. The summed E-state index contributed by atoms with van der Waals surface area (Å²) in [6.45, 7) is 5.95. The first-order valence-corrected chi connectivity index (χ1v) is 11.4. The van der Waals surface area contributed by atoms with Crippen LogP contribution in [-0.2, 0) is 20.5 Å². The number of nitrogens with zero attached hydrogens (tertiary/aromatic N) is 2. The number of nitrogens with one attached hydrogen (secondary N) is 1. The van der Waals surface area contributed by atoms with Crippen molar-refractivity contribution in [1.82, 2.24) is 9.78 Å². The van der Waals surface area contributed by atoms with Crippen molar-refractivity contribution in [3.63, 3.8) is 0 Å². The summed E-state index contributed by atoms with van der Waals surface area (Å²) in [6.07, 6.45) is -0.919. The van der Waals surface area contributed by atoms with Gasteiger partial charge in [0, 0.05) is 29.1 Å². The van der Waals surface area contributed by atoms with Gasteiger partial charge in [0.2, 0.25) is 5.91 Å². The average Bonchev–Trinajstić information content (AvgIpc) is 3.44. The van der Waals surface area contributed by atoms with Crippen LogP contribution in [0.2, 0.25) is 0 Å². The quantitative estimate of drug-likeness (QED) is 0.329.